The first kappa shape index (κ1) is 20.6. The minimum absolute atomic E-state index is 0.0598. The predicted octanol–water partition coefficient (Wildman–Crippen LogP) is 6.33. The molecule has 2 unspecified atom stereocenters. The highest BCUT2D eigenvalue weighted by Crippen LogP contribution is 2.43. The Morgan fingerprint density at radius 2 is 1.69 bits per heavy atom. The number of aromatic nitrogens is 1. The average Bonchev–Trinajstić information content (AvgIpc) is 3.48. The number of hydrogen-bond donors (Lipinski definition) is 0. The fourth-order valence-corrected chi connectivity index (χ4v) is 4.51. The van der Waals surface area contributed by atoms with Crippen LogP contribution in [0.4, 0.5) is 0 Å². The van der Waals surface area contributed by atoms with Crippen molar-refractivity contribution >= 4 is 17.1 Å². The molecule has 1 aromatic heterocycles. The minimum Gasteiger partial charge on any atom is -0.488 e. The summed E-state index contributed by atoms with van der Waals surface area (Å²) in [7, 11) is 0. The highest BCUT2D eigenvalue weighted by Gasteiger charge is 2.48. The summed E-state index contributed by atoms with van der Waals surface area (Å²) in [6, 6.07) is 23.8. The summed E-state index contributed by atoms with van der Waals surface area (Å²) in [4.78, 5) is 18.0. The third-order valence-electron chi connectivity index (χ3n) is 5.68. The molecule has 1 aliphatic rings. The second-order valence-electron chi connectivity index (χ2n) is 7.99. The average molecular weight is 442 g/mol. The minimum atomic E-state index is -0.526. The molecule has 0 radical (unpaired) electrons. The van der Waals surface area contributed by atoms with E-state index in [9.17, 15) is 4.79 Å². The van der Waals surface area contributed by atoms with Gasteiger partial charge < -0.3 is 9.47 Å². The lowest BCUT2D eigenvalue weighted by atomic mass is 9.99. The van der Waals surface area contributed by atoms with Crippen LogP contribution in [0.25, 0.3) is 10.6 Å². The van der Waals surface area contributed by atoms with E-state index in [1.165, 1.54) is 0 Å². The summed E-state index contributed by atoms with van der Waals surface area (Å²) in [6.07, 6.45) is -0.832. The molecule has 160 valence electrons. The zero-order chi connectivity index (χ0) is 22.1. The van der Waals surface area contributed by atoms with Gasteiger partial charge in [-0.15, -0.1) is 11.3 Å². The molecule has 1 fully saturated rings. The van der Waals surface area contributed by atoms with Gasteiger partial charge in [-0.3, -0.25) is 4.79 Å². The molecule has 5 heteroatoms. The summed E-state index contributed by atoms with van der Waals surface area (Å²) < 4.78 is 11.9. The van der Waals surface area contributed by atoms with Gasteiger partial charge in [0.1, 0.15) is 23.5 Å². The van der Waals surface area contributed by atoms with Gasteiger partial charge in [-0.25, -0.2) is 4.98 Å². The molecule has 1 saturated heterocycles. The van der Waals surface area contributed by atoms with Gasteiger partial charge in [0.25, 0.3) is 0 Å². The maximum Gasteiger partial charge on any atom is 0.198 e. The smallest absolute Gasteiger partial charge is 0.198 e. The Labute approximate surface area is 191 Å². The molecule has 3 aromatic carbocycles. The number of ether oxygens (including phenoxy) is 2. The summed E-state index contributed by atoms with van der Waals surface area (Å²) in [5.74, 6) is 0.537. The van der Waals surface area contributed by atoms with Crippen LogP contribution in [0.3, 0.4) is 0 Å². The number of thiazole rings is 1. The molecule has 5 rings (SSSR count). The van der Waals surface area contributed by atoms with Crippen molar-refractivity contribution in [3.05, 3.63) is 106 Å². The number of carbonyl (C=O) groups excluding carboxylic acids is 1. The van der Waals surface area contributed by atoms with Crippen LogP contribution in [0.2, 0.25) is 0 Å². The molecule has 2 atom stereocenters. The lowest BCUT2D eigenvalue weighted by molar-refractivity contribution is 0.0949. The number of aryl methyl sites for hydroxylation is 2. The van der Waals surface area contributed by atoms with E-state index in [1.807, 2.05) is 92.0 Å². The Kier molecular flexibility index (Phi) is 5.60. The highest BCUT2D eigenvalue weighted by molar-refractivity contribution is 7.13. The van der Waals surface area contributed by atoms with Gasteiger partial charge in [0.05, 0.1) is 11.3 Å². The molecule has 1 aliphatic heterocycles. The van der Waals surface area contributed by atoms with Gasteiger partial charge in [-0.05, 0) is 42.7 Å². The summed E-state index contributed by atoms with van der Waals surface area (Å²) in [5, 5.41) is 2.91. The molecular formula is C27H23NO3S. The standard InChI is InChI=1S/C27H23NO3S/c1-17-13-21(23(14-18(17)2)30-15-19-9-5-3-6-10-19)24(29)26-25(31-26)22-16-32-27(28-22)20-11-7-4-8-12-20/h3-14,16,25-26H,15H2,1-2H3. The number of epoxide rings is 1. The van der Waals surface area contributed by atoms with Gasteiger partial charge in [0.15, 0.2) is 11.9 Å². The van der Waals surface area contributed by atoms with Gasteiger partial charge in [0, 0.05) is 10.9 Å². The number of hydrogen-bond acceptors (Lipinski definition) is 5. The van der Waals surface area contributed by atoms with Crippen molar-refractivity contribution in [3.8, 4) is 16.3 Å². The van der Waals surface area contributed by atoms with Crippen LogP contribution in [0, 0.1) is 13.8 Å². The first-order chi connectivity index (χ1) is 15.6. The number of rotatable bonds is 7. The number of benzene rings is 3. The lowest BCUT2D eigenvalue weighted by Gasteiger charge is -2.13. The summed E-state index contributed by atoms with van der Waals surface area (Å²) in [6.45, 7) is 4.44. The molecule has 0 bridgehead atoms. The van der Waals surface area contributed by atoms with Crippen molar-refractivity contribution < 1.29 is 14.3 Å². The number of ketones is 1. The van der Waals surface area contributed by atoms with Crippen molar-refractivity contribution in [2.75, 3.05) is 0 Å². The summed E-state index contributed by atoms with van der Waals surface area (Å²) >= 11 is 1.57. The number of nitrogens with zero attached hydrogens (tertiary/aromatic N) is 1. The summed E-state index contributed by atoms with van der Waals surface area (Å²) in [5.41, 5.74) is 5.64. The molecule has 4 nitrogen and oxygen atoms in total. The van der Waals surface area contributed by atoms with E-state index in [-0.39, 0.29) is 11.9 Å². The first-order valence-corrected chi connectivity index (χ1v) is 11.5. The van der Waals surface area contributed by atoms with E-state index in [2.05, 4.69) is 0 Å². The van der Waals surface area contributed by atoms with Crippen LogP contribution in [-0.2, 0) is 11.3 Å². The van der Waals surface area contributed by atoms with Crippen LogP contribution < -0.4 is 4.74 Å². The van der Waals surface area contributed by atoms with Crippen molar-refractivity contribution in [2.24, 2.45) is 0 Å². The zero-order valence-electron chi connectivity index (χ0n) is 17.9. The number of carbonyl (C=O) groups is 1. The van der Waals surface area contributed by atoms with Crippen LogP contribution in [0.1, 0.15) is 38.8 Å². The van der Waals surface area contributed by atoms with E-state index in [0.29, 0.717) is 17.9 Å². The molecule has 0 N–H and O–H groups in total. The third kappa shape index (κ3) is 4.22. The molecule has 4 aromatic rings. The van der Waals surface area contributed by atoms with Gasteiger partial charge in [-0.2, -0.15) is 0 Å². The molecular weight excluding hydrogens is 418 g/mol. The maximum absolute atomic E-state index is 13.3. The second kappa shape index (κ2) is 8.69. The Morgan fingerprint density at radius 1 is 1.00 bits per heavy atom. The molecule has 0 amide bonds. The predicted molar refractivity (Wildman–Crippen MR) is 126 cm³/mol. The Morgan fingerprint density at radius 3 is 2.44 bits per heavy atom. The van der Waals surface area contributed by atoms with Gasteiger partial charge >= 0.3 is 0 Å². The molecule has 0 saturated carbocycles. The topological polar surface area (TPSA) is 51.7 Å². The molecule has 2 heterocycles. The largest absolute Gasteiger partial charge is 0.488 e. The van der Waals surface area contributed by atoms with Crippen molar-refractivity contribution in [1.29, 1.82) is 0 Å². The first-order valence-electron chi connectivity index (χ1n) is 10.6. The normalized spacial score (nSPS) is 17.2. The van der Waals surface area contributed by atoms with E-state index < -0.39 is 6.10 Å². The Hall–Kier alpha value is -3.28. The van der Waals surface area contributed by atoms with Gasteiger partial charge in [0.2, 0.25) is 0 Å². The van der Waals surface area contributed by atoms with E-state index in [0.717, 1.165) is 33.0 Å². The molecule has 0 aliphatic carbocycles. The number of Topliss-reactive ketones (excluding diaryl/α,β-unsaturated/α-hetero) is 1. The fourth-order valence-electron chi connectivity index (χ4n) is 3.66. The monoisotopic (exact) mass is 441 g/mol. The van der Waals surface area contributed by atoms with Crippen LogP contribution >= 0.6 is 11.3 Å². The second-order valence-corrected chi connectivity index (χ2v) is 8.85. The van der Waals surface area contributed by atoms with E-state index >= 15 is 0 Å². The Bertz CT molecular complexity index is 1250. The molecule has 32 heavy (non-hydrogen) atoms. The van der Waals surface area contributed by atoms with E-state index in [4.69, 9.17) is 14.5 Å². The van der Waals surface area contributed by atoms with Gasteiger partial charge in [-0.1, -0.05) is 60.7 Å². The van der Waals surface area contributed by atoms with Crippen LogP contribution in [0.15, 0.2) is 78.2 Å². The zero-order valence-corrected chi connectivity index (χ0v) is 18.8. The lowest BCUT2D eigenvalue weighted by Crippen LogP contribution is -2.12. The Balaban J connectivity index is 1.35. The third-order valence-corrected chi connectivity index (χ3v) is 6.59. The maximum atomic E-state index is 13.3. The fraction of sp³-hybridized carbons (Fsp3) is 0.185. The van der Waals surface area contributed by atoms with Crippen LogP contribution in [-0.4, -0.2) is 16.9 Å². The van der Waals surface area contributed by atoms with Crippen molar-refractivity contribution in [3.63, 3.8) is 0 Å². The highest BCUT2D eigenvalue weighted by atomic mass is 32.1. The van der Waals surface area contributed by atoms with Crippen molar-refractivity contribution in [1.82, 2.24) is 4.98 Å². The SMILES string of the molecule is Cc1cc(OCc2ccccc2)c(C(=O)C2OC2c2csc(-c3ccccc3)n2)cc1C. The van der Waals surface area contributed by atoms with Crippen LogP contribution in [0.5, 0.6) is 5.75 Å². The quantitative estimate of drug-likeness (QED) is 0.248. The molecule has 0 spiro atoms. The van der Waals surface area contributed by atoms with Crippen molar-refractivity contribution in [2.45, 2.75) is 32.7 Å². The van der Waals surface area contributed by atoms with E-state index in [1.54, 1.807) is 11.3 Å².